The van der Waals surface area contributed by atoms with Crippen molar-refractivity contribution in [2.75, 3.05) is 0 Å². The normalized spacial score (nSPS) is 10.4. The Morgan fingerprint density at radius 1 is 1.05 bits per heavy atom. The maximum absolute atomic E-state index is 11.3. The Kier molecular flexibility index (Phi) is 5.31. The van der Waals surface area contributed by atoms with Crippen molar-refractivity contribution in [3.63, 3.8) is 0 Å². The van der Waals surface area contributed by atoms with E-state index in [0.717, 1.165) is 16.9 Å². The average molecular weight is 295 g/mol. The van der Waals surface area contributed by atoms with Crippen LogP contribution in [-0.4, -0.2) is 11.9 Å². The lowest BCUT2D eigenvalue weighted by atomic mass is 10.2. The summed E-state index contributed by atoms with van der Waals surface area (Å²) in [6.45, 7) is 0.513. The molecule has 2 aromatic carbocycles. The van der Waals surface area contributed by atoms with Gasteiger partial charge in [-0.15, -0.1) is 0 Å². The first-order valence-corrected chi connectivity index (χ1v) is 6.72. The second kappa shape index (κ2) is 7.64. The number of nitrogens with two attached hydrogens (primary N) is 2. The second-order valence-corrected chi connectivity index (χ2v) is 4.55. The van der Waals surface area contributed by atoms with E-state index < -0.39 is 5.91 Å². The number of carbonyl (C=O) groups is 1. The van der Waals surface area contributed by atoms with Crippen LogP contribution in [0.1, 0.15) is 11.1 Å². The molecule has 5 nitrogen and oxygen atoms in total. The van der Waals surface area contributed by atoms with E-state index in [1.807, 2.05) is 54.6 Å². The van der Waals surface area contributed by atoms with E-state index in [1.165, 1.54) is 6.08 Å². The van der Waals surface area contributed by atoms with Gasteiger partial charge in [0.15, 0.2) is 5.96 Å². The van der Waals surface area contributed by atoms with Gasteiger partial charge < -0.3 is 16.2 Å². The fraction of sp³-hybridized carbons (Fsp3) is 0.0588. The fourth-order valence-electron chi connectivity index (χ4n) is 1.75. The molecule has 0 bridgehead atoms. The summed E-state index contributed by atoms with van der Waals surface area (Å²) in [7, 11) is 0. The number of rotatable bonds is 5. The standard InChI is InChI=1S/C17H17N3O2/c18-17(19)20-16(21)11-8-13-6-9-15(10-7-13)22-12-14-4-2-1-3-5-14/h1-11H,12H2,(H4,18,19,20,21)/b11-8+. The summed E-state index contributed by atoms with van der Waals surface area (Å²) in [5.41, 5.74) is 12.2. The minimum atomic E-state index is -0.496. The van der Waals surface area contributed by atoms with Gasteiger partial charge in [0.05, 0.1) is 0 Å². The van der Waals surface area contributed by atoms with Gasteiger partial charge in [0.1, 0.15) is 12.4 Å². The number of nitrogens with zero attached hydrogens (tertiary/aromatic N) is 1. The Bertz CT molecular complexity index is 673. The van der Waals surface area contributed by atoms with Crippen LogP contribution in [0.25, 0.3) is 6.08 Å². The van der Waals surface area contributed by atoms with E-state index in [9.17, 15) is 4.79 Å². The molecule has 1 amide bonds. The highest BCUT2D eigenvalue weighted by Gasteiger charge is 1.97. The first kappa shape index (κ1) is 15.3. The molecule has 0 unspecified atom stereocenters. The lowest BCUT2D eigenvalue weighted by molar-refractivity contribution is -0.113. The van der Waals surface area contributed by atoms with E-state index in [0.29, 0.717) is 6.61 Å². The van der Waals surface area contributed by atoms with Gasteiger partial charge in [0.2, 0.25) is 0 Å². The quantitative estimate of drug-likeness (QED) is 0.502. The molecule has 2 rings (SSSR count). The lowest BCUT2D eigenvalue weighted by Gasteiger charge is -2.06. The van der Waals surface area contributed by atoms with Gasteiger partial charge in [-0.25, -0.2) is 0 Å². The van der Waals surface area contributed by atoms with Gasteiger partial charge in [-0.05, 0) is 29.3 Å². The maximum atomic E-state index is 11.3. The number of benzene rings is 2. The minimum absolute atomic E-state index is 0.251. The van der Waals surface area contributed by atoms with Crippen LogP contribution in [0.5, 0.6) is 5.75 Å². The highest BCUT2D eigenvalue weighted by atomic mass is 16.5. The molecule has 0 saturated carbocycles. The maximum Gasteiger partial charge on any atom is 0.272 e. The van der Waals surface area contributed by atoms with Crippen molar-refractivity contribution in [3.8, 4) is 5.75 Å². The van der Waals surface area contributed by atoms with Crippen LogP contribution in [0.2, 0.25) is 0 Å². The highest BCUT2D eigenvalue weighted by molar-refractivity contribution is 5.99. The largest absolute Gasteiger partial charge is 0.489 e. The molecular formula is C17H17N3O2. The van der Waals surface area contributed by atoms with Crippen LogP contribution in [-0.2, 0) is 11.4 Å². The van der Waals surface area contributed by atoms with E-state index in [-0.39, 0.29) is 5.96 Å². The zero-order valence-electron chi connectivity index (χ0n) is 12.0. The van der Waals surface area contributed by atoms with Gasteiger partial charge in [-0.1, -0.05) is 42.5 Å². The molecule has 5 heteroatoms. The molecule has 0 aliphatic carbocycles. The summed E-state index contributed by atoms with van der Waals surface area (Å²) in [4.78, 5) is 14.7. The van der Waals surface area contributed by atoms with Crippen LogP contribution in [0, 0.1) is 0 Å². The summed E-state index contributed by atoms with van der Waals surface area (Å²) in [6, 6.07) is 17.3. The predicted molar refractivity (Wildman–Crippen MR) is 87.1 cm³/mol. The molecule has 2 aromatic rings. The van der Waals surface area contributed by atoms with E-state index in [1.54, 1.807) is 6.08 Å². The van der Waals surface area contributed by atoms with Crippen LogP contribution >= 0.6 is 0 Å². The van der Waals surface area contributed by atoms with Gasteiger partial charge in [-0.3, -0.25) is 4.79 Å². The van der Waals surface area contributed by atoms with Crippen molar-refractivity contribution in [2.45, 2.75) is 6.61 Å². The molecule has 0 aliphatic heterocycles. The van der Waals surface area contributed by atoms with Crippen molar-refractivity contribution in [2.24, 2.45) is 16.5 Å². The average Bonchev–Trinajstić information content (AvgIpc) is 2.52. The lowest BCUT2D eigenvalue weighted by Crippen LogP contribution is -2.23. The predicted octanol–water partition coefficient (Wildman–Crippen LogP) is 2.08. The van der Waals surface area contributed by atoms with Gasteiger partial charge in [0.25, 0.3) is 5.91 Å². The summed E-state index contributed by atoms with van der Waals surface area (Å²) in [5, 5.41) is 0. The number of ether oxygens (including phenoxy) is 1. The van der Waals surface area contributed by atoms with Gasteiger partial charge >= 0.3 is 0 Å². The first-order valence-electron chi connectivity index (χ1n) is 6.72. The molecule has 0 fully saturated rings. The first-order chi connectivity index (χ1) is 10.6. The van der Waals surface area contributed by atoms with Crippen molar-refractivity contribution in [3.05, 3.63) is 71.8 Å². The molecule has 22 heavy (non-hydrogen) atoms. The fourth-order valence-corrected chi connectivity index (χ4v) is 1.75. The molecule has 0 saturated heterocycles. The number of guanidine groups is 1. The van der Waals surface area contributed by atoms with E-state index >= 15 is 0 Å². The molecule has 112 valence electrons. The van der Waals surface area contributed by atoms with Crippen molar-refractivity contribution >= 4 is 17.9 Å². The smallest absolute Gasteiger partial charge is 0.272 e. The Balaban J connectivity index is 1.91. The van der Waals surface area contributed by atoms with Crippen LogP contribution < -0.4 is 16.2 Å². The number of carbonyl (C=O) groups excluding carboxylic acids is 1. The van der Waals surface area contributed by atoms with Gasteiger partial charge in [-0.2, -0.15) is 4.99 Å². The van der Waals surface area contributed by atoms with Crippen molar-refractivity contribution in [1.29, 1.82) is 0 Å². The summed E-state index contributed by atoms with van der Waals surface area (Å²) in [6.07, 6.45) is 2.94. The zero-order valence-corrected chi connectivity index (χ0v) is 12.0. The number of amides is 1. The van der Waals surface area contributed by atoms with Crippen LogP contribution in [0.3, 0.4) is 0 Å². The van der Waals surface area contributed by atoms with Gasteiger partial charge in [0, 0.05) is 6.08 Å². The molecule has 0 radical (unpaired) electrons. The molecule has 4 N–H and O–H groups in total. The Morgan fingerprint density at radius 3 is 2.36 bits per heavy atom. The minimum Gasteiger partial charge on any atom is -0.489 e. The Labute approximate surface area is 128 Å². The molecule has 0 heterocycles. The Hall–Kier alpha value is -3.08. The van der Waals surface area contributed by atoms with Crippen molar-refractivity contribution in [1.82, 2.24) is 0 Å². The van der Waals surface area contributed by atoms with E-state index in [2.05, 4.69) is 4.99 Å². The number of aliphatic imine (C=N–C) groups is 1. The highest BCUT2D eigenvalue weighted by Crippen LogP contribution is 2.15. The number of hydrogen-bond acceptors (Lipinski definition) is 2. The Morgan fingerprint density at radius 2 is 1.73 bits per heavy atom. The SMILES string of the molecule is NC(N)=NC(=O)/C=C/c1ccc(OCc2ccccc2)cc1. The molecular weight excluding hydrogens is 278 g/mol. The molecule has 0 aromatic heterocycles. The molecule has 0 atom stereocenters. The summed E-state index contributed by atoms with van der Waals surface area (Å²) in [5.74, 6) is 0.0141. The summed E-state index contributed by atoms with van der Waals surface area (Å²) >= 11 is 0. The molecule has 0 aliphatic rings. The topological polar surface area (TPSA) is 90.7 Å². The third kappa shape index (κ3) is 5.13. The summed E-state index contributed by atoms with van der Waals surface area (Å²) < 4.78 is 5.68. The second-order valence-electron chi connectivity index (χ2n) is 4.55. The monoisotopic (exact) mass is 295 g/mol. The third-order valence-corrected chi connectivity index (χ3v) is 2.79. The molecule has 0 spiro atoms. The zero-order chi connectivity index (χ0) is 15.8. The van der Waals surface area contributed by atoms with E-state index in [4.69, 9.17) is 16.2 Å². The van der Waals surface area contributed by atoms with Crippen LogP contribution in [0.4, 0.5) is 0 Å². The van der Waals surface area contributed by atoms with Crippen molar-refractivity contribution < 1.29 is 9.53 Å². The van der Waals surface area contributed by atoms with Crippen LogP contribution in [0.15, 0.2) is 65.7 Å². The number of hydrogen-bond donors (Lipinski definition) is 2. The third-order valence-electron chi connectivity index (χ3n) is 2.79.